The fraction of sp³-hybridized carbons (Fsp3) is 0.409. The zero-order valence-corrected chi connectivity index (χ0v) is 17.5. The first kappa shape index (κ1) is 21.0. The van der Waals surface area contributed by atoms with E-state index < -0.39 is 10.7 Å². The molecule has 1 aromatic heterocycles. The van der Waals surface area contributed by atoms with Crippen LogP contribution in [0.1, 0.15) is 12.8 Å². The van der Waals surface area contributed by atoms with E-state index in [-0.39, 0.29) is 11.4 Å². The van der Waals surface area contributed by atoms with E-state index in [0.29, 0.717) is 25.3 Å². The second-order valence-electron chi connectivity index (χ2n) is 7.91. The second-order valence-corrected chi connectivity index (χ2v) is 7.91. The third kappa shape index (κ3) is 4.32. The summed E-state index contributed by atoms with van der Waals surface area (Å²) in [4.78, 5) is 27.5. The van der Waals surface area contributed by atoms with E-state index in [1.54, 1.807) is 11.6 Å². The minimum absolute atomic E-state index is 0.00991. The quantitative estimate of drug-likeness (QED) is 0.329. The molecule has 0 N–H and O–H groups in total. The summed E-state index contributed by atoms with van der Waals surface area (Å²) in [5.74, 6) is -0.598. The summed E-state index contributed by atoms with van der Waals surface area (Å²) >= 11 is 0. The Balaban J connectivity index is 1.29. The smallest absolute Gasteiger partial charge is 0.328 e. The molecule has 0 saturated carbocycles. The molecule has 164 valence electrons. The van der Waals surface area contributed by atoms with Crippen LogP contribution in [0.5, 0.6) is 0 Å². The number of aromatic nitrogens is 2. The van der Waals surface area contributed by atoms with Crippen molar-refractivity contribution in [2.75, 3.05) is 37.6 Å². The maximum absolute atomic E-state index is 13.4. The molecule has 1 aliphatic heterocycles. The normalized spacial score (nSPS) is 15.0. The average Bonchev–Trinajstić information content (AvgIpc) is 3.02. The van der Waals surface area contributed by atoms with Crippen molar-refractivity contribution >= 4 is 22.4 Å². The van der Waals surface area contributed by atoms with Crippen LogP contribution in [0.3, 0.4) is 0 Å². The summed E-state index contributed by atoms with van der Waals surface area (Å²) < 4.78 is 16.9. The highest BCUT2D eigenvalue weighted by Gasteiger charge is 2.24. The summed E-state index contributed by atoms with van der Waals surface area (Å²) in [7, 11) is 1.80. The molecule has 4 rings (SSSR count). The van der Waals surface area contributed by atoms with E-state index >= 15 is 0 Å². The van der Waals surface area contributed by atoms with Crippen LogP contribution in [-0.4, -0.2) is 51.7 Å². The third-order valence-corrected chi connectivity index (χ3v) is 6.00. The van der Waals surface area contributed by atoms with Crippen LogP contribution in [0.4, 0.5) is 15.8 Å². The molecular formula is C22H26FN5O3. The molecule has 0 aliphatic carbocycles. The van der Waals surface area contributed by atoms with Gasteiger partial charge in [0.1, 0.15) is 11.5 Å². The van der Waals surface area contributed by atoms with Gasteiger partial charge >= 0.3 is 5.69 Å². The van der Waals surface area contributed by atoms with Crippen LogP contribution >= 0.6 is 0 Å². The number of fused-ring (bicyclic) bond motifs is 1. The molecule has 0 radical (unpaired) electrons. The molecule has 0 unspecified atom stereocenters. The molecular weight excluding hydrogens is 401 g/mol. The molecule has 2 heterocycles. The van der Waals surface area contributed by atoms with E-state index in [2.05, 4.69) is 4.90 Å². The van der Waals surface area contributed by atoms with Gasteiger partial charge in [0.05, 0.1) is 22.0 Å². The highest BCUT2D eigenvalue weighted by Crippen LogP contribution is 2.29. The van der Waals surface area contributed by atoms with E-state index in [0.717, 1.165) is 49.6 Å². The van der Waals surface area contributed by atoms with Crippen LogP contribution < -0.4 is 10.6 Å². The number of hydrogen-bond donors (Lipinski definition) is 0. The van der Waals surface area contributed by atoms with Crippen molar-refractivity contribution < 1.29 is 9.31 Å². The molecule has 0 bridgehead atoms. The van der Waals surface area contributed by atoms with Crippen molar-refractivity contribution in [1.82, 2.24) is 14.0 Å². The van der Waals surface area contributed by atoms with Crippen molar-refractivity contribution in [3.63, 3.8) is 0 Å². The lowest BCUT2D eigenvalue weighted by Crippen LogP contribution is -2.46. The monoisotopic (exact) mass is 427 g/mol. The summed E-state index contributed by atoms with van der Waals surface area (Å²) in [6, 6.07) is 11.6. The number of halogens is 1. The molecule has 1 aliphatic rings. The van der Waals surface area contributed by atoms with Gasteiger partial charge in [-0.05, 0) is 43.7 Å². The largest absolute Gasteiger partial charge is 0.363 e. The Labute approximate surface area is 179 Å². The van der Waals surface area contributed by atoms with E-state index in [9.17, 15) is 19.3 Å². The molecule has 3 aromatic rings. The number of benzene rings is 2. The molecule has 0 atom stereocenters. The molecule has 0 amide bonds. The minimum Gasteiger partial charge on any atom is -0.363 e. The number of piperazine rings is 1. The van der Waals surface area contributed by atoms with Crippen LogP contribution in [-0.2, 0) is 13.6 Å². The third-order valence-electron chi connectivity index (χ3n) is 6.00. The van der Waals surface area contributed by atoms with Gasteiger partial charge in [0.25, 0.3) is 5.69 Å². The Morgan fingerprint density at radius 3 is 2.39 bits per heavy atom. The van der Waals surface area contributed by atoms with E-state index in [4.69, 9.17) is 0 Å². The van der Waals surface area contributed by atoms with Gasteiger partial charge in [-0.25, -0.2) is 9.18 Å². The van der Waals surface area contributed by atoms with Crippen LogP contribution in [0.25, 0.3) is 11.0 Å². The fourth-order valence-corrected chi connectivity index (χ4v) is 4.31. The van der Waals surface area contributed by atoms with Gasteiger partial charge in [-0.1, -0.05) is 12.1 Å². The first-order chi connectivity index (χ1) is 15.0. The summed E-state index contributed by atoms with van der Waals surface area (Å²) in [6.45, 7) is 4.51. The lowest BCUT2D eigenvalue weighted by Gasteiger charge is -2.35. The van der Waals surface area contributed by atoms with Crippen molar-refractivity contribution in [2.24, 2.45) is 7.05 Å². The predicted molar refractivity (Wildman–Crippen MR) is 118 cm³/mol. The number of anilines is 1. The first-order valence-electron chi connectivity index (χ1n) is 10.5. The van der Waals surface area contributed by atoms with Gasteiger partial charge in [0.2, 0.25) is 0 Å². The van der Waals surface area contributed by atoms with Crippen molar-refractivity contribution in [3.8, 4) is 0 Å². The van der Waals surface area contributed by atoms with Crippen LogP contribution in [0.15, 0.2) is 47.3 Å². The predicted octanol–water partition coefficient (Wildman–Crippen LogP) is 2.99. The number of nitro groups is 1. The van der Waals surface area contributed by atoms with Gasteiger partial charge in [0.15, 0.2) is 0 Å². The number of unbranched alkanes of at least 4 members (excludes halogenated alkanes) is 1. The fourth-order valence-electron chi connectivity index (χ4n) is 4.31. The molecule has 8 nitrogen and oxygen atoms in total. The van der Waals surface area contributed by atoms with E-state index in [1.165, 1.54) is 12.1 Å². The van der Waals surface area contributed by atoms with Gasteiger partial charge in [-0.2, -0.15) is 0 Å². The molecule has 2 aromatic carbocycles. The van der Waals surface area contributed by atoms with Crippen LogP contribution in [0, 0.1) is 15.9 Å². The molecule has 1 saturated heterocycles. The molecule has 0 spiro atoms. The number of imidazole rings is 1. The standard InChI is InChI=1S/C22H26FN5O3/c1-24-18-6-2-3-7-20(18)27(22(24)29)11-5-4-10-25-12-14-26(15-13-25)19-9-8-17(23)16-21(19)28(30)31/h2-3,6-9,16H,4-5,10-15H2,1H3. The lowest BCUT2D eigenvalue weighted by molar-refractivity contribution is -0.384. The average molecular weight is 427 g/mol. The molecule has 1 fully saturated rings. The number of nitro benzene ring substituents is 1. The minimum atomic E-state index is -0.598. The maximum Gasteiger partial charge on any atom is 0.328 e. The van der Waals surface area contributed by atoms with Crippen LogP contribution in [0.2, 0.25) is 0 Å². The Bertz CT molecular complexity index is 1150. The van der Waals surface area contributed by atoms with Crippen molar-refractivity contribution in [1.29, 1.82) is 0 Å². The highest BCUT2D eigenvalue weighted by molar-refractivity contribution is 5.75. The Kier molecular flexibility index (Phi) is 6.03. The zero-order valence-electron chi connectivity index (χ0n) is 17.5. The lowest BCUT2D eigenvalue weighted by atomic mass is 10.2. The van der Waals surface area contributed by atoms with Crippen molar-refractivity contribution in [3.05, 3.63) is 68.9 Å². The number of para-hydroxylation sites is 2. The van der Waals surface area contributed by atoms with Gasteiger partial charge in [-0.15, -0.1) is 0 Å². The SMILES string of the molecule is Cn1c(=O)n(CCCCN2CCN(c3ccc(F)cc3[N+](=O)[O-])CC2)c2ccccc21. The number of hydrogen-bond acceptors (Lipinski definition) is 5. The second kappa shape index (κ2) is 8.89. The summed E-state index contributed by atoms with van der Waals surface area (Å²) in [5, 5.41) is 11.3. The zero-order chi connectivity index (χ0) is 22.0. The molecule has 31 heavy (non-hydrogen) atoms. The summed E-state index contributed by atoms with van der Waals surface area (Å²) in [5.41, 5.74) is 2.20. The van der Waals surface area contributed by atoms with Crippen molar-refractivity contribution in [2.45, 2.75) is 19.4 Å². The highest BCUT2D eigenvalue weighted by atomic mass is 19.1. The topological polar surface area (TPSA) is 76.5 Å². The van der Waals surface area contributed by atoms with Gasteiger partial charge in [-0.3, -0.25) is 24.1 Å². The van der Waals surface area contributed by atoms with E-state index in [1.807, 2.05) is 33.7 Å². The van der Waals surface area contributed by atoms with Gasteiger partial charge < -0.3 is 4.90 Å². The number of rotatable bonds is 7. The molecule has 9 heteroatoms. The Morgan fingerprint density at radius 1 is 1.00 bits per heavy atom. The summed E-state index contributed by atoms with van der Waals surface area (Å²) in [6.07, 6.45) is 1.86. The Hall–Kier alpha value is -3.20. The first-order valence-corrected chi connectivity index (χ1v) is 10.5. The van der Waals surface area contributed by atoms with Gasteiger partial charge in [0, 0.05) is 39.8 Å². The number of nitrogens with zero attached hydrogens (tertiary/aromatic N) is 5. The number of aryl methyl sites for hydroxylation is 2. The Morgan fingerprint density at radius 2 is 1.68 bits per heavy atom. The maximum atomic E-state index is 13.4.